The first-order chi connectivity index (χ1) is 8.20. The van der Waals surface area contributed by atoms with E-state index in [-0.39, 0.29) is 24.7 Å². The van der Waals surface area contributed by atoms with Crippen molar-refractivity contribution in [3.63, 3.8) is 0 Å². The molecule has 1 aromatic rings. The lowest BCUT2D eigenvalue weighted by atomic mass is 10.1. The number of aliphatic hydroxyl groups excluding tert-OH is 1. The van der Waals surface area contributed by atoms with E-state index in [9.17, 15) is 4.79 Å². The van der Waals surface area contributed by atoms with Crippen LogP contribution in [0.15, 0.2) is 24.3 Å². The Morgan fingerprint density at radius 2 is 2.35 bits per heavy atom. The van der Waals surface area contributed by atoms with E-state index >= 15 is 0 Å². The summed E-state index contributed by atoms with van der Waals surface area (Å²) in [5.74, 6) is 0.813. The average molecular weight is 236 g/mol. The van der Waals surface area contributed by atoms with E-state index in [0.717, 1.165) is 11.3 Å². The number of nitrogens with one attached hydrogen (secondary N) is 2. The van der Waals surface area contributed by atoms with Crippen LogP contribution in [0.4, 0.5) is 4.79 Å². The Balaban J connectivity index is 1.95. The Morgan fingerprint density at radius 1 is 1.59 bits per heavy atom. The number of ether oxygens (including phenoxy) is 1. The van der Waals surface area contributed by atoms with Gasteiger partial charge in [0.2, 0.25) is 0 Å². The molecule has 2 amide bonds. The monoisotopic (exact) mass is 236 g/mol. The second-order valence-electron chi connectivity index (χ2n) is 4.10. The minimum atomic E-state index is -0.295. The van der Waals surface area contributed by atoms with E-state index in [4.69, 9.17) is 9.84 Å². The van der Waals surface area contributed by atoms with Crippen molar-refractivity contribution in [2.24, 2.45) is 0 Å². The van der Waals surface area contributed by atoms with Gasteiger partial charge in [0.05, 0.1) is 18.7 Å². The van der Waals surface area contributed by atoms with Crippen LogP contribution in [0.5, 0.6) is 5.75 Å². The number of carbonyl (C=O) groups is 1. The van der Waals surface area contributed by atoms with Crippen LogP contribution in [0.3, 0.4) is 0 Å². The van der Waals surface area contributed by atoms with E-state index in [1.807, 2.05) is 24.3 Å². The normalized spacial score (nSPS) is 19.1. The number of urea groups is 1. The summed E-state index contributed by atoms with van der Waals surface area (Å²) in [6.45, 7) is 2.10. The highest BCUT2D eigenvalue weighted by molar-refractivity contribution is 5.75. The SMILES string of the molecule is C[C@@H](CO)NC(=O)NC1COc2ccccc21. The van der Waals surface area contributed by atoms with E-state index in [0.29, 0.717) is 6.61 Å². The molecule has 1 heterocycles. The Hall–Kier alpha value is -1.75. The van der Waals surface area contributed by atoms with Crippen molar-refractivity contribution in [1.29, 1.82) is 0 Å². The molecule has 0 aromatic heterocycles. The van der Waals surface area contributed by atoms with Gasteiger partial charge in [-0.1, -0.05) is 18.2 Å². The van der Waals surface area contributed by atoms with Gasteiger partial charge in [-0.2, -0.15) is 0 Å². The summed E-state index contributed by atoms with van der Waals surface area (Å²) in [6, 6.07) is 6.95. The first kappa shape index (κ1) is 11.7. The molecule has 5 heteroatoms. The standard InChI is InChI=1S/C12H16N2O3/c1-8(6-15)13-12(16)14-10-7-17-11-5-3-2-4-9(10)11/h2-5,8,10,15H,6-7H2,1H3,(H2,13,14,16)/t8-,10?/m0/s1. The highest BCUT2D eigenvalue weighted by Gasteiger charge is 2.25. The highest BCUT2D eigenvalue weighted by atomic mass is 16.5. The second-order valence-corrected chi connectivity index (χ2v) is 4.10. The Kier molecular flexibility index (Phi) is 3.49. The van der Waals surface area contributed by atoms with Crippen LogP contribution in [-0.4, -0.2) is 30.4 Å². The Morgan fingerprint density at radius 3 is 3.12 bits per heavy atom. The lowest BCUT2D eigenvalue weighted by Gasteiger charge is -2.15. The van der Waals surface area contributed by atoms with Crippen molar-refractivity contribution in [3.05, 3.63) is 29.8 Å². The molecule has 1 aromatic carbocycles. The molecule has 17 heavy (non-hydrogen) atoms. The van der Waals surface area contributed by atoms with Gasteiger partial charge < -0.3 is 20.5 Å². The third kappa shape index (κ3) is 2.68. The summed E-state index contributed by atoms with van der Waals surface area (Å²) in [5.41, 5.74) is 0.985. The van der Waals surface area contributed by atoms with Gasteiger partial charge in [0.25, 0.3) is 0 Å². The second kappa shape index (κ2) is 5.05. The number of hydrogen-bond donors (Lipinski definition) is 3. The molecule has 1 aliphatic heterocycles. The van der Waals surface area contributed by atoms with Gasteiger partial charge >= 0.3 is 6.03 Å². The fourth-order valence-electron chi connectivity index (χ4n) is 1.75. The maximum Gasteiger partial charge on any atom is 0.315 e. The van der Waals surface area contributed by atoms with Crippen LogP contribution in [0, 0.1) is 0 Å². The zero-order valence-electron chi connectivity index (χ0n) is 9.64. The lowest BCUT2D eigenvalue weighted by molar-refractivity contribution is 0.214. The molecule has 0 radical (unpaired) electrons. The molecule has 2 rings (SSSR count). The van der Waals surface area contributed by atoms with E-state index < -0.39 is 0 Å². The number of carbonyl (C=O) groups excluding carboxylic acids is 1. The zero-order chi connectivity index (χ0) is 12.3. The topological polar surface area (TPSA) is 70.6 Å². The molecule has 3 N–H and O–H groups in total. The zero-order valence-corrected chi connectivity index (χ0v) is 9.64. The van der Waals surface area contributed by atoms with Crippen molar-refractivity contribution in [3.8, 4) is 5.75 Å². The maximum absolute atomic E-state index is 11.6. The van der Waals surface area contributed by atoms with Gasteiger partial charge in [-0.3, -0.25) is 0 Å². The summed E-state index contributed by atoms with van der Waals surface area (Å²) < 4.78 is 5.45. The Labute approximate surface area is 99.8 Å². The minimum Gasteiger partial charge on any atom is -0.491 e. The molecule has 5 nitrogen and oxygen atoms in total. The number of amides is 2. The number of fused-ring (bicyclic) bond motifs is 1. The van der Waals surface area contributed by atoms with Crippen LogP contribution in [0.2, 0.25) is 0 Å². The predicted octanol–water partition coefficient (Wildman–Crippen LogP) is 0.800. The van der Waals surface area contributed by atoms with E-state index in [1.54, 1.807) is 6.92 Å². The van der Waals surface area contributed by atoms with Crippen LogP contribution in [-0.2, 0) is 0 Å². The summed E-state index contributed by atoms with van der Waals surface area (Å²) >= 11 is 0. The molecule has 1 aliphatic rings. The fourth-order valence-corrected chi connectivity index (χ4v) is 1.75. The molecule has 0 fully saturated rings. The summed E-state index contributed by atoms with van der Waals surface area (Å²) in [6.07, 6.45) is 0. The van der Waals surface area contributed by atoms with Crippen molar-refractivity contribution < 1.29 is 14.6 Å². The fraction of sp³-hybridized carbons (Fsp3) is 0.417. The quantitative estimate of drug-likeness (QED) is 0.727. The van der Waals surface area contributed by atoms with Crippen molar-refractivity contribution in [2.45, 2.75) is 19.0 Å². The number of rotatable bonds is 3. The molecular weight excluding hydrogens is 220 g/mol. The first-order valence-corrected chi connectivity index (χ1v) is 5.60. The molecule has 0 saturated carbocycles. The van der Waals surface area contributed by atoms with Gasteiger partial charge in [-0.05, 0) is 13.0 Å². The third-order valence-corrected chi connectivity index (χ3v) is 2.66. The lowest BCUT2D eigenvalue weighted by Crippen LogP contribution is -2.44. The largest absolute Gasteiger partial charge is 0.491 e. The molecule has 1 unspecified atom stereocenters. The smallest absolute Gasteiger partial charge is 0.315 e. The van der Waals surface area contributed by atoms with Crippen molar-refractivity contribution >= 4 is 6.03 Å². The number of para-hydroxylation sites is 1. The molecule has 0 bridgehead atoms. The van der Waals surface area contributed by atoms with Crippen molar-refractivity contribution in [1.82, 2.24) is 10.6 Å². The predicted molar refractivity (Wildman–Crippen MR) is 62.9 cm³/mol. The van der Waals surface area contributed by atoms with E-state index in [1.165, 1.54) is 0 Å². The minimum absolute atomic E-state index is 0.0782. The van der Waals surface area contributed by atoms with Crippen molar-refractivity contribution in [2.75, 3.05) is 13.2 Å². The number of aliphatic hydroxyl groups is 1. The van der Waals surface area contributed by atoms with Gasteiger partial charge in [0.15, 0.2) is 0 Å². The highest BCUT2D eigenvalue weighted by Crippen LogP contribution is 2.31. The van der Waals surface area contributed by atoms with Crippen LogP contribution < -0.4 is 15.4 Å². The van der Waals surface area contributed by atoms with Crippen LogP contribution in [0.25, 0.3) is 0 Å². The molecule has 92 valence electrons. The van der Waals surface area contributed by atoms with Gasteiger partial charge in [0.1, 0.15) is 12.4 Å². The Bertz CT molecular complexity index is 408. The maximum atomic E-state index is 11.6. The molecular formula is C12H16N2O3. The van der Waals surface area contributed by atoms with Gasteiger partial charge in [-0.25, -0.2) is 4.79 Å². The third-order valence-electron chi connectivity index (χ3n) is 2.66. The summed E-state index contributed by atoms with van der Waals surface area (Å²) in [4.78, 5) is 11.6. The molecule has 0 spiro atoms. The first-order valence-electron chi connectivity index (χ1n) is 5.60. The van der Waals surface area contributed by atoms with Gasteiger partial charge in [-0.15, -0.1) is 0 Å². The number of benzene rings is 1. The number of hydrogen-bond acceptors (Lipinski definition) is 3. The van der Waals surface area contributed by atoms with E-state index in [2.05, 4.69) is 10.6 Å². The molecule has 2 atom stereocenters. The molecule has 0 aliphatic carbocycles. The summed E-state index contributed by atoms with van der Waals surface area (Å²) in [5, 5.41) is 14.3. The molecule has 0 saturated heterocycles. The van der Waals surface area contributed by atoms with Gasteiger partial charge in [0, 0.05) is 5.56 Å². The summed E-state index contributed by atoms with van der Waals surface area (Å²) in [7, 11) is 0. The van der Waals surface area contributed by atoms with Crippen LogP contribution in [0.1, 0.15) is 18.5 Å². The van der Waals surface area contributed by atoms with Crippen LogP contribution >= 0.6 is 0 Å². The average Bonchev–Trinajstić information content (AvgIpc) is 2.72.